The summed E-state index contributed by atoms with van der Waals surface area (Å²) in [6, 6.07) is 17.6. The molecule has 0 radical (unpaired) electrons. The number of aromatic nitrogens is 2. The van der Waals surface area contributed by atoms with Crippen LogP contribution >= 0.6 is 0 Å². The molecule has 4 aromatic rings. The standard InChI is InChI=1S/C24H21N3O5/c1-25-23(28)16-11-12-18(15-8-5-4-7-14(15)16)27-19(13-17(26-27)24(29)30)22-20(31-2)9-6-10-21(22)32-3/h4-13H,1-3H3,(H,25,28)(H,29,30). The Hall–Kier alpha value is -4.33. The molecule has 0 aliphatic heterocycles. The molecule has 1 aromatic heterocycles. The van der Waals surface area contributed by atoms with Crippen LogP contribution in [0.15, 0.2) is 60.7 Å². The molecule has 8 heteroatoms. The van der Waals surface area contributed by atoms with Crippen molar-refractivity contribution in [3.63, 3.8) is 0 Å². The molecule has 162 valence electrons. The number of hydrogen-bond donors (Lipinski definition) is 2. The predicted octanol–water partition coefficient (Wildman–Crippen LogP) is 3.77. The third-order valence-electron chi connectivity index (χ3n) is 5.21. The molecule has 0 unspecified atom stereocenters. The first-order valence-electron chi connectivity index (χ1n) is 9.79. The molecule has 0 atom stereocenters. The molecule has 0 aliphatic rings. The van der Waals surface area contributed by atoms with Crippen molar-refractivity contribution in [2.75, 3.05) is 21.3 Å². The number of hydrogen-bond acceptors (Lipinski definition) is 5. The van der Waals surface area contributed by atoms with E-state index >= 15 is 0 Å². The maximum Gasteiger partial charge on any atom is 0.356 e. The molecule has 0 spiro atoms. The van der Waals surface area contributed by atoms with E-state index in [1.807, 2.05) is 24.3 Å². The molecule has 0 fully saturated rings. The monoisotopic (exact) mass is 431 g/mol. The molecule has 0 bridgehead atoms. The molecule has 0 saturated heterocycles. The summed E-state index contributed by atoms with van der Waals surface area (Å²) in [5.74, 6) is -0.362. The number of methoxy groups -OCH3 is 2. The van der Waals surface area contributed by atoms with Gasteiger partial charge in [0.15, 0.2) is 5.69 Å². The molecule has 1 heterocycles. The van der Waals surface area contributed by atoms with Gasteiger partial charge >= 0.3 is 5.97 Å². The smallest absolute Gasteiger partial charge is 0.356 e. The highest BCUT2D eigenvalue weighted by atomic mass is 16.5. The van der Waals surface area contributed by atoms with Gasteiger partial charge in [-0.15, -0.1) is 0 Å². The van der Waals surface area contributed by atoms with Gasteiger partial charge in [-0.2, -0.15) is 5.10 Å². The minimum absolute atomic E-state index is 0.132. The minimum atomic E-state index is -1.16. The second-order valence-electron chi connectivity index (χ2n) is 6.93. The number of fused-ring (bicyclic) bond motifs is 1. The normalized spacial score (nSPS) is 10.7. The van der Waals surface area contributed by atoms with E-state index in [4.69, 9.17) is 9.47 Å². The zero-order valence-corrected chi connectivity index (χ0v) is 17.7. The summed E-state index contributed by atoms with van der Waals surface area (Å²) in [6.45, 7) is 0. The van der Waals surface area contributed by atoms with Gasteiger partial charge in [0.05, 0.1) is 31.2 Å². The quantitative estimate of drug-likeness (QED) is 0.482. The summed E-state index contributed by atoms with van der Waals surface area (Å²) in [5.41, 5.74) is 2.04. The molecule has 0 saturated carbocycles. The fourth-order valence-corrected chi connectivity index (χ4v) is 3.75. The summed E-state index contributed by atoms with van der Waals surface area (Å²) < 4.78 is 12.6. The van der Waals surface area contributed by atoms with Crippen LogP contribution in [0.1, 0.15) is 20.8 Å². The third-order valence-corrected chi connectivity index (χ3v) is 5.21. The highest BCUT2D eigenvalue weighted by molar-refractivity contribution is 6.09. The van der Waals surface area contributed by atoms with E-state index in [1.165, 1.54) is 20.3 Å². The van der Waals surface area contributed by atoms with Gasteiger partial charge in [0.25, 0.3) is 5.91 Å². The highest BCUT2D eigenvalue weighted by Gasteiger charge is 2.23. The topological polar surface area (TPSA) is 103 Å². The SMILES string of the molecule is CNC(=O)c1ccc(-n2nc(C(=O)O)cc2-c2c(OC)cccc2OC)c2ccccc12. The van der Waals surface area contributed by atoms with E-state index < -0.39 is 5.97 Å². The Morgan fingerprint density at radius 2 is 1.59 bits per heavy atom. The molecule has 32 heavy (non-hydrogen) atoms. The summed E-state index contributed by atoms with van der Waals surface area (Å²) in [4.78, 5) is 24.2. The Morgan fingerprint density at radius 1 is 0.938 bits per heavy atom. The van der Waals surface area contributed by atoms with Crippen LogP contribution in [0, 0.1) is 0 Å². The van der Waals surface area contributed by atoms with Crippen LogP contribution in [0.3, 0.4) is 0 Å². The zero-order valence-electron chi connectivity index (χ0n) is 17.7. The van der Waals surface area contributed by atoms with Gasteiger partial charge in [-0.05, 0) is 35.7 Å². The molecule has 2 N–H and O–H groups in total. The number of carbonyl (C=O) groups is 2. The Balaban J connectivity index is 2.07. The first kappa shape index (κ1) is 20.9. The lowest BCUT2D eigenvalue weighted by molar-refractivity contribution is 0.0689. The lowest BCUT2D eigenvalue weighted by atomic mass is 10.0. The van der Waals surface area contributed by atoms with Crippen LogP contribution in [0.5, 0.6) is 11.5 Å². The fourth-order valence-electron chi connectivity index (χ4n) is 3.75. The molecular weight excluding hydrogens is 410 g/mol. The second-order valence-corrected chi connectivity index (χ2v) is 6.93. The first-order chi connectivity index (χ1) is 15.5. The van der Waals surface area contributed by atoms with Crippen LogP contribution < -0.4 is 14.8 Å². The number of carbonyl (C=O) groups excluding carboxylic acids is 1. The molecule has 8 nitrogen and oxygen atoms in total. The number of rotatable bonds is 6. The van der Waals surface area contributed by atoms with Crippen molar-refractivity contribution in [1.82, 2.24) is 15.1 Å². The highest BCUT2D eigenvalue weighted by Crippen LogP contribution is 2.40. The third kappa shape index (κ3) is 3.41. The Labute approximate surface area is 184 Å². The van der Waals surface area contributed by atoms with Gasteiger partial charge in [0, 0.05) is 18.0 Å². The number of carboxylic acid groups (broad SMARTS) is 1. The predicted molar refractivity (Wildman–Crippen MR) is 120 cm³/mol. The van der Waals surface area contributed by atoms with Gasteiger partial charge in [-0.3, -0.25) is 4.79 Å². The van der Waals surface area contributed by atoms with Crippen molar-refractivity contribution in [1.29, 1.82) is 0 Å². The van der Waals surface area contributed by atoms with E-state index in [1.54, 1.807) is 42.1 Å². The van der Waals surface area contributed by atoms with E-state index in [0.717, 1.165) is 10.8 Å². The summed E-state index contributed by atoms with van der Waals surface area (Å²) in [7, 11) is 4.64. The minimum Gasteiger partial charge on any atom is -0.496 e. The average Bonchev–Trinajstić information content (AvgIpc) is 3.27. The maximum absolute atomic E-state index is 12.4. The Bertz CT molecular complexity index is 1320. The van der Waals surface area contributed by atoms with E-state index in [2.05, 4.69) is 10.4 Å². The number of carboxylic acids is 1. The van der Waals surface area contributed by atoms with E-state index in [9.17, 15) is 14.7 Å². The van der Waals surface area contributed by atoms with Crippen molar-refractivity contribution < 1.29 is 24.2 Å². The molecule has 3 aromatic carbocycles. The number of nitrogens with zero attached hydrogens (tertiary/aromatic N) is 2. The summed E-state index contributed by atoms with van der Waals surface area (Å²) in [6.07, 6.45) is 0. The summed E-state index contributed by atoms with van der Waals surface area (Å²) >= 11 is 0. The lowest BCUT2D eigenvalue weighted by Crippen LogP contribution is -2.18. The van der Waals surface area contributed by atoms with Gasteiger partial charge < -0.3 is 19.9 Å². The van der Waals surface area contributed by atoms with Gasteiger partial charge in [-0.25, -0.2) is 9.48 Å². The Morgan fingerprint density at radius 3 is 2.19 bits per heavy atom. The molecule has 4 rings (SSSR count). The van der Waals surface area contributed by atoms with Gasteiger partial charge in [0.1, 0.15) is 11.5 Å². The first-order valence-corrected chi connectivity index (χ1v) is 9.79. The summed E-state index contributed by atoms with van der Waals surface area (Å²) in [5, 5.41) is 18.1. The van der Waals surface area contributed by atoms with Crippen LogP contribution in [0.25, 0.3) is 27.7 Å². The molecule has 0 aliphatic carbocycles. The van der Waals surface area contributed by atoms with Crippen LogP contribution in [-0.4, -0.2) is 48.0 Å². The second kappa shape index (κ2) is 8.43. The van der Waals surface area contributed by atoms with Gasteiger partial charge in [-0.1, -0.05) is 30.3 Å². The van der Waals surface area contributed by atoms with Crippen molar-refractivity contribution >= 4 is 22.6 Å². The zero-order chi connectivity index (χ0) is 22.8. The van der Waals surface area contributed by atoms with Crippen molar-refractivity contribution in [3.8, 4) is 28.4 Å². The van der Waals surface area contributed by atoms with Crippen LogP contribution in [0.2, 0.25) is 0 Å². The average molecular weight is 431 g/mol. The van der Waals surface area contributed by atoms with Crippen molar-refractivity contribution in [2.45, 2.75) is 0 Å². The van der Waals surface area contributed by atoms with E-state index in [0.29, 0.717) is 34.0 Å². The number of ether oxygens (including phenoxy) is 2. The number of aromatic carboxylic acids is 1. The lowest BCUT2D eigenvalue weighted by Gasteiger charge is -2.16. The largest absolute Gasteiger partial charge is 0.496 e. The van der Waals surface area contributed by atoms with Gasteiger partial charge in [0.2, 0.25) is 0 Å². The maximum atomic E-state index is 12.4. The Kier molecular flexibility index (Phi) is 5.51. The van der Waals surface area contributed by atoms with E-state index in [-0.39, 0.29) is 11.6 Å². The fraction of sp³-hybridized carbons (Fsp3) is 0.125. The van der Waals surface area contributed by atoms with Crippen LogP contribution in [0.4, 0.5) is 0 Å². The number of amides is 1. The number of benzene rings is 3. The number of nitrogens with one attached hydrogen (secondary N) is 1. The van der Waals surface area contributed by atoms with Crippen molar-refractivity contribution in [3.05, 3.63) is 71.9 Å². The molecule has 1 amide bonds. The van der Waals surface area contributed by atoms with Crippen molar-refractivity contribution in [2.24, 2.45) is 0 Å². The molecular formula is C24H21N3O5. The van der Waals surface area contributed by atoms with Crippen LogP contribution in [-0.2, 0) is 0 Å².